The molecule has 96 valence electrons. The Hall–Kier alpha value is -1.16. The molecule has 1 aromatic rings. The highest BCUT2D eigenvalue weighted by Gasteiger charge is 2.46. The minimum absolute atomic E-state index is 0.369. The van der Waals surface area contributed by atoms with Gasteiger partial charge in [-0.2, -0.15) is 0 Å². The maximum atomic E-state index is 5.82. The Morgan fingerprint density at radius 3 is 2.83 bits per heavy atom. The number of anilines is 1. The van der Waals surface area contributed by atoms with Gasteiger partial charge in [0.2, 0.25) is 0 Å². The van der Waals surface area contributed by atoms with Crippen molar-refractivity contribution in [2.75, 3.05) is 5.32 Å². The molecule has 0 saturated heterocycles. The molecule has 0 bridgehead atoms. The van der Waals surface area contributed by atoms with Crippen LogP contribution in [-0.4, -0.2) is 16.0 Å². The maximum Gasteiger partial charge on any atom is 0.136 e. The summed E-state index contributed by atoms with van der Waals surface area (Å²) in [5, 5.41) is 3.51. The monoisotopic (exact) mass is 261 g/mol. The highest BCUT2D eigenvalue weighted by Crippen LogP contribution is 2.46. The number of hydrogen-bond acceptors (Lipinski definition) is 3. The van der Waals surface area contributed by atoms with Gasteiger partial charge in [-0.1, -0.05) is 26.1 Å². The lowest BCUT2D eigenvalue weighted by atomic mass is 10.1. The van der Waals surface area contributed by atoms with Gasteiger partial charge < -0.3 is 11.1 Å². The number of aromatic nitrogens is 1. The Balaban J connectivity index is 1.94. The number of thiocarbonyl (C=S) groups is 1. The molecule has 1 saturated carbocycles. The number of nitrogens with one attached hydrogen (secondary N) is 1. The van der Waals surface area contributed by atoms with Crippen LogP contribution in [0.5, 0.6) is 0 Å². The van der Waals surface area contributed by atoms with E-state index in [-0.39, 0.29) is 0 Å². The Labute approximate surface area is 113 Å². The number of aryl methyl sites for hydroxylation is 2. The summed E-state index contributed by atoms with van der Waals surface area (Å²) < 4.78 is 0. The molecule has 3 N–H and O–H groups in total. The van der Waals surface area contributed by atoms with Crippen molar-refractivity contribution < 1.29 is 0 Å². The summed E-state index contributed by atoms with van der Waals surface area (Å²) in [6, 6.07) is 2.63. The fourth-order valence-electron chi connectivity index (χ4n) is 2.65. The van der Waals surface area contributed by atoms with Gasteiger partial charge in [-0.05, 0) is 42.7 Å². The smallest absolute Gasteiger partial charge is 0.136 e. The van der Waals surface area contributed by atoms with Gasteiger partial charge in [-0.3, -0.25) is 0 Å². The minimum atomic E-state index is 0.369. The molecule has 2 aliphatic carbocycles. The fourth-order valence-corrected chi connectivity index (χ4v) is 2.80. The van der Waals surface area contributed by atoms with Crippen LogP contribution in [0.3, 0.4) is 0 Å². The number of nitrogens with zero attached hydrogens (tertiary/aromatic N) is 1. The molecule has 0 amide bonds. The van der Waals surface area contributed by atoms with Crippen molar-refractivity contribution >= 4 is 23.0 Å². The second-order valence-electron chi connectivity index (χ2n) is 6.10. The van der Waals surface area contributed by atoms with Crippen molar-refractivity contribution in [1.82, 2.24) is 4.98 Å². The molecule has 0 spiro atoms. The quantitative estimate of drug-likeness (QED) is 0.820. The first-order valence-electron chi connectivity index (χ1n) is 6.56. The van der Waals surface area contributed by atoms with Crippen molar-refractivity contribution in [3.05, 3.63) is 22.9 Å². The zero-order chi connectivity index (χ0) is 12.9. The molecule has 0 radical (unpaired) electrons. The van der Waals surface area contributed by atoms with Crippen molar-refractivity contribution in [2.45, 2.75) is 45.6 Å². The van der Waals surface area contributed by atoms with E-state index in [9.17, 15) is 0 Å². The normalized spacial score (nSPS) is 23.6. The maximum absolute atomic E-state index is 5.82. The third-order valence-electron chi connectivity index (χ3n) is 4.14. The Bertz CT molecular complexity index is 522. The highest BCUT2D eigenvalue weighted by molar-refractivity contribution is 7.80. The summed E-state index contributed by atoms with van der Waals surface area (Å²) in [7, 11) is 0. The average molecular weight is 261 g/mol. The molecule has 1 heterocycles. The van der Waals surface area contributed by atoms with Crippen molar-refractivity contribution in [2.24, 2.45) is 11.1 Å². The number of hydrogen-bond donors (Lipinski definition) is 2. The van der Waals surface area contributed by atoms with E-state index >= 15 is 0 Å². The largest absolute Gasteiger partial charge is 0.389 e. The molecule has 2 aliphatic rings. The lowest BCUT2D eigenvalue weighted by Crippen LogP contribution is -2.18. The van der Waals surface area contributed by atoms with E-state index in [0.29, 0.717) is 16.4 Å². The first-order valence-corrected chi connectivity index (χ1v) is 6.97. The molecular weight excluding hydrogens is 242 g/mol. The van der Waals surface area contributed by atoms with Gasteiger partial charge in [0.05, 0.1) is 5.56 Å². The summed E-state index contributed by atoms with van der Waals surface area (Å²) in [6.45, 7) is 4.52. The molecule has 18 heavy (non-hydrogen) atoms. The lowest BCUT2D eigenvalue weighted by molar-refractivity contribution is 0.629. The summed E-state index contributed by atoms with van der Waals surface area (Å²) in [6.07, 6.45) is 4.56. The van der Waals surface area contributed by atoms with Crippen LogP contribution in [0.2, 0.25) is 0 Å². The SMILES string of the molecule is CC1(C)CC1Nc1nc2c(cc1C(N)=S)CCC2. The van der Waals surface area contributed by atoms with E-state index in [1.165, 1.54) is 24.1 Å². The molecule has 1 atom stereocenters. The van der Waals surface area contributed by atoms with Gasteiger partial charge in [0, 0.05) is 11.7 Å². The number of rotatable bonds is 3. The molecule has 0 aliphatic heterocycles. The standard InChI is InChI=1S/C14H19N3S/c1-14(2)7-11(14)17-13-9(12(15)18)6-8-4-3-5-10(8)16-13/h6,11H,3-5,7H2,1-2H3,(H2,15,18)(H,16,17). The van der Waals surface area contributed by atoms with Crippen LogP contribution in [0.1, 0.15) is 43.5 Å². The van der Waals surface area contributed by atoms with Crippen molar-refractivity contribution in [3.8, 4) is 0 Å². The number of nitrogens with two attached hydrogens (primary N) is 1. The third-order valence-corrected chi connectivity index (χ3v) is 4.36. The van der Waals surface area contributed by atoms with Crippen molar-refractivity contribution in [1.29, 1.82) is 0 Å². The van der Waals surface area contributed by atoms with Crippen LogP contribution >= 0.6 is 12.2 Å². The number of fused-ring (bicyclic) bond motifs is 1. The molecular formula is C14H19N3S. The fraction of sp³-hybridized carbons (Fsp3) is 0.571. The third kappa shape index (κ3) is 1.99. The molecule has 1 fully saturated rings. The highest BCUT2D eigenvalue weighted by atomic mass is 32.1. The second-order valence-corrected chi connectivity index (χ2v) is 6.54. The van der Waals surface area contributed by atoms with E-state index in [1.807, 2.05) is 0 Å². The Morgan fingerprint density at radius 2 is 2.22 bits per heavy atom. The Kier molecular flexibility index (Phi) is 2.59. The number of pyridine rings is 1. The summed E-state index contributed by atoms with van der Waals surface area (Å²) in [5.41, 5.74) is 9.64. The predicted octanol–water partition coefficient (Wildman–Crippen LogP) is 2.41. The van der Waals surface area contributed by atoms with Crippen LogP contribution in [0.4, 0.5) is 5.82 Å². The Morgan fingerprint density at radius 1 is 1.50 bits per heavy atom. The first kappa shape index (κ1) is 11.9. The van der Waals surface area contributed by atoms with E-state index in [0.717, 1.165) is 24.2 Å². The van der Waals surface area contributed by atoms with Crippen LogP contribution in [-0.2, 0) is 12.8 Å². The van der Waals surface area contributed by atoms with E-state index < -0.39 is 0 Å². The minimum Gasteiger partial charge on any atom is -0.389 e. The van der Waals surface area contributed by atoms with Crippen LogP contribution in [0.25, 0.3) is 0 Å². The molecule has 1 aromatic heterocycles. The lowest BCUT2D eigenvalue weighted by Gasteiger charge is -2.13. The second kappa shape index (κ2) is 3.92. The van der Waals surface area contributed by atoms with Gasteiger partial charge >= 0.3 is 0 Å². The van der Waals surface area contributed by atoms with Gasteiger partial charge in [0.1, 0.15) is 10.8 Å². The predicted molar refractivity (Wildman–Crippen MR) is 78.0 cm³/mol. The van der Waals surface area contributed by atoms with Gasteiger partial charge in [-0.25, -0.2) is 4.98 Å². The van der Waals surface area contributed by atoms with Crippen LogP contribution in [0, 0.1) is 5.41 Å². The van der Waals surface area contributed by atoms with E-state index in [1.54, 1.807) is 0 Å². The molecule has 3 nitrogen and oxygen atoms in total. The molecule has 3 rings (SSSR count). The average Bonchev–Trinajstić information content (AvgIpc) is 2.73. The zero-order valence-corrected chi connectivity index (χ0v) is 11.7. The first-order chi connectivity index (χ1) is 8.47. The molecule has 0 aromatic carbocycles. The van der Waals surface area contributed by atoms with E-state index in [2.05, 4.69) is 25.2 Å². The summed E-state index contributed by atoms with van der Waals surface area (Å²) in [4.78, 5) is 5.18. The molecule has 1 unspecified atom stereocenters. The van der Waals surface area contributed by atoms with E-state index in [4.69, 9.17) is 22.9 Å². The van der Waals surface area contributed by atoms with Crippen LogP contribution < -0.4 is 11.1 Å². The van der Waals surface area contributed by atoms with Crippen molar-refractivity contribution in [3.63, 3.8) is 0 Å². The van der Waals surface area contributed by atoms with Gasteiger partial charge in [0.15, 0.2) is 0 Å². The molecule has 4 heteroatoms. The zero-order valence-electron chi connectivity index (χ0n) is 10.9. The van der Waals surface area contributed by atoms with Crippen LogP contribution in [0.15, 0.2) is 6.07 Å². The van der Waals surface area contributed by atoms with Gasteiger partial charge in [-0.15, -0.1) is 0 Å². The summed E-state index contributed by atoms with van der Waals surface area (Å²) in [5.74, 6) is 0.888. The summed E-state index contributed by atoms with van der Waals surface area (Å²) >= 11 is 5.15. The topological polar surface area (TPSA) is 50.9 Å². The van der Waals surface area contributed by atoms with Gasteiger partial charge in [0.25, 0.3) is 0 Å².